The van der Waals surface area contributed by atoms with E-state index in [4.69, 9.17) is 30.6 Å². The van der Waals surface area contributed by atoms with E-state index in [1.807, 2.05) is 49.4 Å². The average molecular weight is 515 g/mol. The normalized spacial score (nSPS) is 14.1. The first-order valence-corrected chi connectivity index (χ1v) is 12.2. The fourth-order valence-corrected chi connectivity index (χ4v) is 5.09. The highest BCUT2D eigenvalue weighted by atomic mass is 35.5. The monoisotopic (exact) mass is 514 g/mol. The minimum atomic E-state index is -0.594. The standard InChI is InChI=1S/C28H23ClN4O4/c1-16(27-31-28(34)37-32-27)25-19-11-10-17(12-18(19)14-36-23-9-4-3-6-20(23)25)13-33-22-8-5-7-21(29)26(22)30-24(33)15-35-2/h3-12H,13-15H2,1-2H3,(H,31,32,34)/b25-16+. The summed E-state index contributed by atoms with van der Waals surface area (Å²) in [6.07, 6.45) is 0. The second kappa shape index (κ2) is 9.38. The van der Waals surface area contributed by atoms with Gasteiger partial charge in [-0.25, -0.2) is 9.78 Å². The van der Waals surface area contributed by atoms with Crippen LogP contribution in [-0.2, 0) is 24.5 Å². The van der Waals surface area contributed by atoms with Crippen LogP contribution < -0.4 is 10.5 Å². The molecule has 8 nitrogen and oxygen atoms in total. The van der Waals surface area contributed by atoms with Crippen LogP contribution in [0.25, 0.3) is 22.2 Å². The van der Waals surface area contributed by atoms with E-state index in [2.05, 4.69) is 32.9 Å². The molecule has 0 spiro atoms. The molecule has 5 aromatic rings. The predicted octanol–water partition coefficient (Wildman–Crippen LogP) is 5.43. The summed E-state index contributed by atoms with van der Waals surface area (Å²) in [5, 5.41) is 4.53. The number of fused-ring (bicyclic) bond motifs is 3. The fraction of sp³-hybridized carbons (Fsp3) is 0.179. The van der Waals surface area contributed by atoms with Gasteiger partial charge in [-0.05, 0) is 53.5 Å². The van der Waals surface area contributed by atoms with Gasteiger partial charge in [0.05, 0.1) is 10.5 Å². The molecule has 0 saturated carbocycles. The van der Waals surface area contributed by atoms with Crippen LogP contribution in [0.3, 0.4) is 0 Å². The molecule has 9 heteroatoms. The summed E-state index contributed by atoms with van der Waals surface area (Å²) >= 11 is 6.43. The van der Waals surface area contributed by atoms with Crippen molar-refractivity contribution in [2.24, 2.45) is 0 Å². The molecular formula is C28H23ClN4O4. The third-order valence-corrected chi connectivity index (χ3v) is 6.88. The number of ether oxygens (including phenoxy) is 2. The number of para-hydroxylation sites is 2. The zero-order chi connectivity index (χ0) is 25.5. The number of imidazole rings is 1. The Hall–Kier alpha value is -4.14. The van der Waals surface area contributed by atoms with Gasteiger partial charge in [-0.15, -0.1) is 0 Å². The van der Waals surface area contributed by atoms with Gasteiger partial charge in [0.25, 0.3) is 0 Å². The van der Waals surface area contributed by atoms with Crippen molar-refractivity contribution < 1.29 is 14.0 Å². The number of benzene rings is 3. The number of hydrogen-bond donors (Lipinski definition) is 1. The maximum absolute atomic E-state index is 11.7. The zero-order valence-electron chi connectivity index (χ0n) is 20.2. The Balaban J connectivity index is 1.48. The van der Waals surface area contributed by atoms with Gasteiger partial charge in [-0.1, -0.05) is 53.2 Å². The predicted molar refractivity (Wildman–Crippen MR) is 140 cm³/mol. The average Bonchev–Trinajstić information content (AvgIpc) is 3.44. The van der Waals surface area contributed by atoms with E-state index >= 15 is 0 Å². The lowest BCUT2D eigenvalue weighted by Gasteiger charge is -2.15. The Morgan fingerprint density at radius 1 is 1.14 bits per heavy atom. The molecule has 1 aliphatic rings. The Kier molecular flexibility index (Phi) is 5.90. The van der Waals surface area contributed by atoms with E-state index in [-0.39, 0.29) is 0 Å². The quantitative estimate of drug-likeness (QED) is 0.336. The van der Waals surface area contributed by atoms with Gasteiger partial charge in [0, 0.05) is 24.8 Å². The van der Waals surface area contributed by atoms with E-state index in [0.29, 0.717) is 30.6 Å². The van der Waals surface area contributed by atoms with Gasteiger partial charge in [-0.2, -0.15) is 0 Å². The molecule has 1 aliphatic heterocycles. The molecule has 6 rings (SSSR count). The van der Waals surface area contributed by atoms with E-state index in [1.165, 1.54) is 0 Å². The number of hydrogen-bond acceptors (Lipinski definition) is 6. The second-order valence-corrected chi connectivity index (χ2v) is 9.28. The van der Waals surface area contributed by atoms with E-state index in [1.54, 1.807) is 7.11 Å². The minimum absolute atomic E-state index is 0.371. The summed E-state index contributed by atoms with van der Waals surface area (Å²) in [5.74, 6) is 1.36. The van der Waals surface area contributed by atoms with Crippen LogP contribution in [0.1, 0.15) is 40.8 Å². The lowest BCUT2D eigenvalue weighted by molar-refractivity contribution is 0.175. The number of halogens is 1. The van der Waals surface area contributed by atoms with Gasteiger partial charge < -0.3 is 14.0 Å². The van der Waals surface area contributed by atoms with Crippen LogP contribution in [0.4, 0.5) is 0 Å². The van der Waals surface area contributed by atoms with E-state index in [0.717, 1.165) is 56.0 Å². The molecule has 186 valence electrons. The molecule has 2 aromatic heterocycles. The number of nitrogens with one attached hydrogen (secondary N) is 1. The van der Waals surface area contributed by atoms with E-state index < -0.39 is 5.76 Å². The van der Waals surface area contributed by atoms with Crippen LogP contribution in [-0.4, -0.2) is 26.8 Å². The Morgan fingerprint density at radius 2 is 2.00 bits per heavy atom. The maximum atomic E-state index is 11.7. The number of aromatic nitrogens is 4. The molecule has 0 amide bonds. The van der Waals surface area contributed by atoms with Gasteiger partial charge >= 0.3 is 5.76 Å². The molecular weight excluding hydrogens is 492 g/mol. The summed E-state index contributed by atoms with van der Waals surface area (Å²) in [5.41, 5.74) is 7.45. The first kappa shape index (κ1) is 23.3. The summed E-state index contributed by atoms with van der Waals surface area (Å²) in [4.78, 5) is 19.1. The number of allylic oxidation sites excluding steroid dienone is 1. The van der Waals surface area contributed by atoms with Crippen LogP contribution in [0.5, 0.6) is 5.75 Å². The van der Waals surface area contributed by atoms with Crippen molar-refractivity contribution in [1.82, 2.24) is 19.7 Å². The number of rotatable bonds is 5. The summed E-state index contributed by atoms with van der Waals surface area (Å²) in [7, 11) is 1.65. The lowest BCUT2D eigenvalue weighted by atomic mass is 9.89. The zero-order valence-corrected chi connectivity index (χ0v) is 21.0. The topological polar surface area (TPSA) is 95.2 Å². The van der Waals surface area contributed by atoms with Crippen molar-refractivity contribution in [2.45, 2.75) is 26.7 Å². The molecule has 0 bridgehead atoms. The number of H-pyrrole nitrogens is 1. The summed E-state index contributed by atoms with van der Waals surface area (Å²) < 4.78 is 18.5. The molecule has 0 saturated heterocycles. The fourth-order valence-electron chi connectivity index (χ4n) is 4.88. The highest BCUT2D eigenvalue weighted by Gasteiger charge is 2.23. The molecule has 0 fully saturated rings. The highest BCUT2D eigenvalue weighted by Crippen LogP contribution is 2.40. The molecule has 37 heavy (non-hydrogen) atoms. The van der Waals surface area contributed by atoms with Crippen LogP contribution in [0, 0.1) is 0 Å². The van der Waals surface area contributed by atoms with Crippen molar-refractivity contribution in [3.63, 3.8) is 0 Å². The third-order valence-electron chi connectivity index (χ3n) is 6.57. The Labute approximate surface area is 217 Å². The molecule has 0 atom stereocenters. The van der Waals surface area contributed by atoms with Crippen LogP contribution >= 0.6 is 11.6 Å². The molecule has 0 unspecified atom stereocenters. The Morgan fingerprint density at radius 3 is 2.81 bits per heavy atom. The van der Waals surface area contributed by atoms with Crippen molar-refractivity contribution in [2.75, 3.05) is 7.11 Å². The van der Waals surface area contributed by atoms with Gasteiger partial charge in [0.1, 0.15) is 30.3 Å². The minimum Gasteiger partial charge on any atom is -0.488 e. The van der Waals surface area contributed by atoms with Crippen molar-refractivity contribution >= 4 is 33.8 Å². The molecule has 0 aliphatic carbocycles. The summed E-state index contributed by atoms with van der Waals surface area (Å²) in [6.45, 7) is 3.27. The molecule has 1 N–H and O–H groups in total. The SMILES string of the molecule is COCc1nc2c(Cl)cccc2n1Cc1ccc2c(c1)COc1ccccc1/C2=C(\C)c1noc(=O)[nH]1. The smallest absolute Gasteiger partial charge is 0.439 e. The lowest BCUT2D eigenvalue weighted by Crippen LogP contribution is -2.07. The largest absolute Gasteiger partial charge is 0.488 e. The Bertz CT molecular complexity index is 1730. The summed E-state index contributed by atoms with van der Waals surface area (Å²) in [6, 6.07) is 20.0. The first-order chi connectivity index (χ1) is 18.0. The van der Waals surface area contributed by atoms with Crippen molar-refractivity contribution in [3.8, 4) is 5.75 Å². The second-order valence-electron chi connectivity index (χ2n) is 8.87. The van der Waals surface area contributed by atoms with E-state index in [9.17, 15) is 4.79 Å². The number of nitrogens with zero attached hydrogens (tertiary/aromatic N) is 3. The third kappa shape index (κ3) is 4.14. The highest BCUT2D eigenvalue weighted by molar-refractivity contribution is 6.34. The van der Waals surface area contributed by atoms with Crippen molar-refractivity contribution in [1.29, 1.82) is 0 Å². The first-order valence-electron chi connectivity index (χ1n) is 11.8. The van der Waals surface area contributed by atoms with Gasteiger partial charge in [0.15, 0.2) is 5.82 Å². The van der Waals surface area contributed by atoms with Gasteiger partial charge in [-0.3, -0.25) is 9.51 Å². The molecule has 3 heterocycles. The van der Waals surface area contributed by atoms with Crippen molar-refractivity contribution in [3.05, 3.63) is 110 Å². The molecule has 3 aromatic carbocycles. The molecule has 0 radical (unpaired) electrons. The van der Waals surface area contributed by atoms with Crippen LogP contribution in [0.15, 0.2) is 70.0 Å². The number of aromatic amines is 1. The number of methoxy groups -OCH3 is 1. The van der Waals surface area contributed by atoms with Gasteiger partial charge in [0.2, 0.25) is 0 Å². The maximum Gasteiger partial charge on any atom is 0.439 e. The van der Waals surface area contributed by atoms with Crippen LogP contribution in [0.2, 0.25) is 5.02 Å².